The van der Waals surface area contributed by atoms with Gasteiger partial charge in [-0.15, -0.1) is 11.8 Å². The molecule has 5 N–H and O–H groups in total. The molecule has 2 fully saturated rings. The number of carbonyl (C=O) groups is 5. The molecule has 0 unspecified atom stereocenters. The number of benzene rings is 2. The van der Waals surface area contributed by atoms with Crippen LogP contribution in [0.2, 0.25) is 5.02 Å². The van der Waals surface area contributed by atoms with E-state index in [2.05, 4.69) is 15.8 Å². The topological polar surface area (TPSA) is 241 Å². The minimum atomic E-state index is -1.92. The molecule has 52 heavy (non-hydrogen) atoms. The van der Waals surface area contributed by atoms with Crippen LogP contribution in [-0.4, -0.2) is 116 Å². The van der Waals surface area contributed by atoms with Crippen molar-refractivity contribution in [3.8, 4) is 17.2 Å². The third-order valence-electron chi connectivity index (χ3n) is 8.99. The smallest absolute Gasteiger partial charge is 0.546 e. The van der Waals surface area contributed by atoms with Gasteiger partial charge in [-0.2, -0.15) is 0 Å². The number of carboxylic acids is 2. The van der Waals surface area contributed by atoms with Crippen LogP contribution < -0.4 is 50.4 Å². The van der Waals surface area contributed by atoms with Gasteiger partial charge in [-0.25, -0.2) is 0 Å². The zero-order valence-electron chi connectivity index (χ0n) is 28.5. The van der Waals surface area contributed by atoms with Crippen LogP contribution in [0.4, 0.5) is 0 Å². The Morgan fingerprint density at radius 2 is 1.73 bits per heavy atom. The minimum absolute atomic E-state index is 0. The van der Waals surface area contributed by atoms with Gasteiger partial charge in [-0.1, -0.05) is 16.8 Å². The van der Waals surface area contributed by atoms with Crippen molar-refractivity contribution in [1.82, 2.24) is 15.5 Å². The molecule has 0 spiro atoms. The van der Waals surface area contributed by atoms with Gasteiger partial charge in [-0.3, -0.25) is 19.3 Å². The first kappa shape index (κ1) is 40.8. The number of aliphatic carboxylic acids is 2. The van der Waals surface area contributed by atoms with Crippen molar-refractivity contribution >= 4 is 58.7 Å². The summed E-state index contributed by atoms with van der Waals surface area (Å²) in [4.78, 5) is 69.8. The summed E-state index contributed by atoms with van der Waals surface area (Å²) in [6.45, 7) is 4.60. The van der Waals surface area contributed by atoms with E-state index in [1.807, 2.05) is 0 Å². The first-order valence-corrected chi connectivity index (χ1v) is 17.3. The van der Waals surface area contributed by atoms with Crippen molar-refractivity contribution in [3.63, 3.8) is 0 Å². The predicted molar refractivity (Wildman–Crippen MR) is 178 cm³/mol. The van der Waals surface area contributed by atoms with Crippen LogP contribution in [0.1, 0.15) is 42.6 Å². The number of thioether (sulfide) groups is 1. The molecule has 0 aromatic heterocycles. The number of likely N-dealkylation sites (tertiary alicyclic amines) is 1. The van der Waals surface area contributed by atoms with E-state index in [1.165, 1.54) is 55.9 Å². The molecule has 272 valence electrons. The van der Waals surface area contributed by atoms with E-state index in [0.717, 1.165) is 23.8 Å². The third-order valence-corrected chi connectivity index (χ3v) is 10.7. The van der Waals surface area contributed by atoms with Crippen molar-refractivity contribution < 1.29 is 88.4 Å². The Morgan fingerprint density at radius 1 is 1.08 bits per heavy atom. The van der Waals surface area contributed by atoms with Crippen molar-refractivity contribution in [3.05, 3.63) is 63.8 Å². The fraction of sp³-hybridized carbons (Fsp3) is 0.394. The molecule has 19 heteroatoms. The van der Waals surface area contributed by atoms with Crippen LogP contribution in [0, 0.1) is 0 Å². The number of carbonyl (C=O) groups excluding carboxylic acids is 5. The second kappa shape index (κ2) is 16.3. The zero-order chi connectivity index (χ0) is 37.2. The summed E-state index contributed by atoms with van der Waals surface area (Å²) in [5.74, 6) is -6.30. The monoisotopic (exact) mass is 767 g/mol. The number of nitrogens with one attached hydrogen (secondary N) is 2. The fourth-order valence-electron chi connectivity index (χ4n) is 6.15. The largest absolute Gasteiger partial charge is 1.00 e. The number of β-lactam (4-membered cyclic amide) rings is 1. The maximum absolute atomic E-state index is 13.5. The number of phenolic OH excluding ortho intramolecular Hbond substituents is 3. The van der Waals surface area contributed by atoms with Gasteiger partial charge in [0.05, 0.1) is 54.4 Å². The van der Waals surface area contributed by atoms with Gasteiger partial charge in [0.1, 0.15) is 23.7 Å². The van der Waals surface area contributed by atoms with E-state index >= 15 is 0 Å². The molecule has 2 aromatic rings. The van der Waals surface area contributed by atoms with E-state index in [4.69, 9.17) is 16.4 Å². The molecular weight excluding hydrogens is 733 g/mol. The number of aromatic hydroxyl groups is 3. The van der Waals surface area contributed by atoms with Crippen LogP contribution in [0.25, 0.3) is 0 Å². The molecule has 3 aliphatic heterocycles. The van der Waals surface area contributed by atoms with E-state index in [1.54, 1.807) is 0 Å². The van der Waals surface area contributed by atoms with Gasteiger partial charge in [0.15, 0.2) is 22.8 Å². The number of hydrogen-bond acceptors (Lipinski definition) is 13. The molecule has 16 nitrogen and oxygen atoms in total. The summed E-state index contributed by atoms with van der Waals surface area (Å²) in [5, 5.41) is 61.1. The Hall–Kier alpha value is -4.00. The van der Waals surface area contributed by atoms with Crippen LogP contribution >= 0.6 is 23.4 Å². The van der Waals surface area contributed by atoms with Gasteiger partial charge in [0.25, 0.3) is 17.7 Å². The van der Waals surface area contributed by atoms with Gasteiger partial charge < -0.3 is 55.1 Å². The van der Waals surface area contributed by atoms with Gasteiger partial charge in [0, 0.05) is 29.7 Å². The Bertz CT molecular complexity index is 1830. The SMILES string of the molecule is CC(C)(O/N=C(\C(=O)N[C@@H]1C(=O)N2C(C(=O)[O-])=C(C[N+]3(CCNC(=O)c4ccc(O)c(O)c4Cl)CCCC3)CS[C@H]12)c1ccc(O)cc1)C(=O)[O-].[Na+]. The Morgan fingerprint density at radius 3 is 2.35 bits per heavy atom. The standard InChI is InChI=1S/C33H36ClN5O11S.Na/c1-33(2,32(48)49)50-37-23(17-5-7-19(40)8-6-17)28(44)36-24-29(45)38-25(31(46)47)18(16-51-30(24)38)15-39(12-3-4-13-39)14-11-35-27(43)20-9-10-21(41)26(42)22(20)34;/h5-10,24,30H,3-4,11-16H2,1-2H3,(H6-,35,36,37,40,41,42,43,44,46,47,48,49);/q;+1/p-1/t24-,30-;/m1./s1. The normalized spacial score (nSPS) is 19.6. The van der Waals surface area contributed by atoms with Crippen molar-refractivity contribution in [2.45, 2.75) is 43.7 Å². The number of carboxylic acid groups (broad SMARTS) is 2. The number of nitrogens with zero attached hydrogens (tertiary/aromatic N) is 3. The second-order valence-corrected chi connectivity index (χ2v) is 14.4. The number of fused-ring (bicyclic) bond motifs is 1. The molecule has 3 heterocycles. The average Bonchev–Trinajstić information content (AvgIpc) is 3.54. The number of oxime groups is 1. The molecule has 2 atom stereocenters. The quantitative estimate of drug-likeness (QED) is 0.0329. The molecule has 2 aromatic carbocycles. The Labute approximate surface area is 329 Å². The third kappa shape index (κ3) is 8.45. The van der Waals surface area contributed by atoms with Crippen molar-refractivity contribution in [2.24, 2.45) is 5.16 Å². The van der Waals surface area contributed by atoms with Crippen LogP contribution in [0.3, 0.4) is 0 Å². The molecule has 5 rings (SSSR count). The van der Waals surface area contributed by atoms with Gasteiger partial charge in [-0.05, 0) is 50.2 Å². The van der Waals surface area contributed by atoms with E-state index in [0.29, 0.717) is 29.7 Å². The Kier molecular flexibility index (Phi) is 12.8. The molecule has 3 aliphatic rings. The summed E-state index contributed by atoms with van der Waals surface area (Å²) in [6, 6.07) is 6.50. The molecule has 0 bridgehead atoms. The van der Waals surface area contributed by atoms with Crippen LogP contribution in [-0.2, 0) is 24.0 Å². The second-order valence-electron chi connectivity index (χ2n) is 12.9. The van der Waals surface area contributed by atoms with Crippen LogP contribution in [0.5, 0.6) is 17.2 Å². The minimum Gasteiger partial charge on any atom is -0.546 e. The molecule has 0 radical (unpaired) electrons. The first-order valence-electron chi connectivity index (χ1n) is 15.8. The van der Waals surface area contributed by atoms with Gasteiger partial charge in [0.2, 0.25) is 0 Å². The van der Waals surface area contributed by atoms with Crippen molar-refractivity contribution in [2.75, 3.05) is 38.5 Å². The Balaban J connectivity index is 0.00000605. The predicted octanol–water partition coefficient (Wildman–Crippen LogP) is -3.85. The first-order chi connectivity index (χ1) is 24.0. The molecule has 3 amide bonds. The maximum atomic E-state index is 13.5. The number of hydrogen-bond donors (Lipinski definition) is 5. The number of rotatable bonds is 13. The molecule has 0 aliphatic carbocycles. The summed E-state index contributed by atoms with van der Waals surface area (Å²) >= 11 is 7.28. The maximum Gasteiger partial charge on any atom is 1.00 e. The molecule has 2 saturated heterocycles. The molecular formula is C33H35ClN5NaO11S. The number of quaternary nitrogens is 1. The summed E-state index contributed by atoms with van der Waals surface area (Å²) in [6.07, 6.45) is 1.72. The number of halogens is 1. The summed E-state index contributed by atoms with van der Waals surface area (Å²) < 4.78 is 0.434. The summed E-state index contributed by atoms with van der Waals surface area (Å²) in [7, 11) is 0. The van der Waals surface area contributed by atoms with Crippen molar-refractivity contribution in [1.29, 1.82) is 0 Å². The van der Waals surface area contributed by atoms with E-state index in [9.17, 15) is 49.5 Å². The van der Waals surface area contributed by atoms with Crippen LogP contribution in [0.15, 0.2) is 52.8 Å². The number of phenols is 3. The summed E-state index contributed by atoms with van der Waals surface area (Å²) in [5.41, 5.74) is -2.01. The van der Waals surface area contributed by atoms with Gasteiger partial charge >= 0.3 is 29.6 Å². The van der Waals surface area contributed by atoms with E-state index < -0.39 is 63.9 Å². The molecule has 0 saturated carbocycles. The number of amides is 3. The fourth-order valence-corrected chi connectivity index (χ4v) is 7.73. The average molecular weight is 768 g/mol. The van der Waals surface area contributed by atoms with E-state index in [-0.39, 0.29) is 76.0 Å². The zero-order valence-corrected chi connectivity index (χ0v) is 32.1.